The third kappa shape index (κ3) is 2.64. The van der Waals surface area contributed by atoms with Gasteiger partial charge >= 0.3 is 0 Å². The number of benzene rings is 2. The molecule has 0 aliphatic carbocycles. The molecule has 5 heteroatoms. The maximum atomic E-state index is 6.25. The molecule has 108 valence electrons. The Hall–Kier alpha value is -1.55. The van der Waals surface area contributed by atoms with E-state index in [1.165, 1.54) is 0 Å². The first-order chi connectivity index (χ1) is 10.1. The highest BCUT2D eigenvalue weighted by molar-refractivity contribution is 6.36. The van der Waals surface area contributed by atoms with Crippen LogP contribution in [0.25, 0.3) is 10.9 Å². The van der Waals surface area contributed by atoms with Crippen LogP contribution in [0, 0.1) is 6.92 Å². The number of aryl methyl sites for hydroxylation is 1. The first-order valence-corrected chi connectivity index (χ1v) is 7.44. The molecule has 0 spiro atoms. The molecule has 3 rings (SSSR count). The fourth-order valence-electron chi connectivity index (χ4n) is 2.47. The average molecular weight is 320 g/mol. The second-order valence-electron chi connectivity index (χ2n) is 5.00. The molecule has 0 radical (unpaired) electrons. The third-order valence-corrected chi connectivity index (χ3v) is 4.31. The van der Waals surface area contributed by atoms with Crippen molar-refractivity contribution in [3.05, 3.63) is 63.3 Å². The number of halogens is 2. The van der Waals surface area contributed by atoms with Gasteiger partial charge in [0, 0.05) is 27.5 Å². The molecule has 3 nitrogen and oxygen atoms in total. The van der Waals surface area contributed by atoms with E-state index in [1.54, 1.807) is 0 Å². The largest absolute Gasteiger partial charge is 0.326 e. The van der Waals surface area contributed by atoms with E-state index < -0.39 is 0 Å². The Morgan fingerprint density at radius 2 is 1.86 bits per heavy atom. The van der Waals surface area contributed by atoms with E-state index in [4.69, 9.17) is 28.9 Å². The molecular weight excluding hydrogens is 305 g/mol. The first-order valence-electron chi connectivity index (χ1n) is 6.69. The van der Waals surface area contributed by atoms with Gasteiger partial charge in [-0.25, -0.2) is 0 Å². The minimum atomic E-state index is 0.507. The fourth-order valence-corrected chi connectivity index (χ4v) is 2.98. The van der Waals surface area contributed by atoms with Crippen LogP contribution >= 0.6 is 23.2 Å². The van der Waals surface area contributed by atoms with E-state index in [0.29, 0.717) is 23.1 Å². The molecule has 2 aromatic carbocycles. The summed E-state index contributed by atoms with van der Waals surface area (Å²) in [4.78, 5) is 0. The summed E-state index contributed by atoms with van der Waals surface area (Å²) in [5, 5.41) is 7.03. The Bertz CT molecular complexity index is 788. The highest BCUT2D eigenvalue weighted by atomic mass is 35.5. The minimum Gasteiger partial charge on any atom is -0.326 e. The Morgan fingerprint density at radius 3 is 2.52 bits per heavy atom. The van der Waals surface area contributed by atoms with Crippen LogP contribution in [0.1, 0.15) is 16.8 Å². The van der Waals surface area contributed by atoms with E-state index in [2.05, 4.69) is 17.2 Å². The van der Waals surface area contributed by atoms with E-state index >= 15 is 0 Å². The summed E-state index contributed by atoms with van der Waals surface area (Å²) < 4.78 is 1.93. The molecule has 0 bridgehead atoms. The molecule has 1 aromatic heterocycles. The molecule has 0 amide bonds. The lowest BCUT2D eigenvalue weighted by Gasteiger charge is -2.08. The Morgan fingerprint density at radius 1 is 1.14 bits per heavy atom. The average Bonchev–Trinajstić information content (AvgIpc) is 2.79. The lowest BCUT2D eigenvalue weighted by Crippen LogP contribution is -2.04. The number of rotatable bonds is 3. The SMILES string of the molecule is Cc1nn(Cc2c(Cl)cccc2Cl)c2cc(CN)ccc12. The second-order valence-corrected chi connectivity index (χ2v) is 5.81. The predicted molar refractivity (Wildman–Crippen MR) is 87.9 cm³/mol. The van der Waals surface area contributed by atoms with Gasteiger partial charge in [-0.2, -0.15) is 5.10 Å². The van der Waals surface area contributed by atoms with Gasteiger partial charge < -0.3 is 5.73 Å². The lowest BCUT2D eigenvalue weighted by molar-refractivity contribution is 0.703. The van der Waals surface area contributed by atoms with Crippen molar-refractivity contribution in [3.63, 3.8) is 0 Å². The topological polar surface area (TPSA) is 43.8 Å². The van der Waals surface area contributed by atoms with E-state index in [1.807, 2.05) is 35.9 Å². The highest BCUT2D eigenvalue weighted by Crippen LogP contribution is 2.27. The van der Waals surface area contributed by atoms with Crippen molar-refractivity contribution in [2.45, 2.75) is 20.0 Å². The number of hydrogen-bond donors (Lipinski definition) is 1. The molecule has 0 aliphatic rings. The maximum absolute atomic E-state index is 6.25. The van der Waals surface area contributed by atoms with Gasteiger partial charge in [0.15, 0.2) is 0 Å². The normalized spacial score (nSPS) is 11.2. The number of nitrogens with two attached hydrogens (primary N) is 1. The molecule has 0 unspecified atom stereocenters. The molecule has 0 fully saturated rings. The van der Waals surface area contributed by atoms with E-state index in [0.717, 1.165) is 27.7 Å². The Balaban J connectivity index is 2.12. The number of nitrogens with zero attached hydrogens (tertiary/aromatic N) is 2. The summed E-state index contributed by atoms with van der Waals surface area (Å²) in [6.45, 7) is 3.04. The van der Waals surface area contributed by atoms with Gasteiger partial charge in [0.1, 0.15) is 0 Å². The Kier molecular flexibility index (Phi) is 3.89. The van der Waals surface area contributed by atoms with Crippen LogP contribution in [0.5, 0.6) is 0 Å². The second kappa shape index (κ2) is 5.68. The summed E-state index contributed by atoms with van der Waals surface area (Å²) in [5.74, 6) is 0. The molecule has 2 N–H and O–H groups in total. The molecule has 1 heterocycles. The van der Waals surface area contributed by atoms with Crippen molar-refractivity contribution in [1.82, 2.24) is 9.78 Å². The van der Waals surface area contributed by atoms with Gasteiger partial charge in [-0.05, 0) is 30.7 Å². The van der Waals surface area contributed by atoms with Crippen LogP contribution in [-0.4, -0.2) is 9.78 Å². The summed E-state index contributed by atoms with van der Waals surface area (Å²) in [6.07, 6.45) is 0. The van der Waals surface area contributed by atoms with Crippen molar-refractivity contribution in [3.8, 4) is 0 Å². The summed E-state index contributed by atoms with van der Waals surface area (Å²) in [7, 11) is 0. The number of hydrogen-bond acceptors (Lipinski definition) is 2. The Labute approximate surface area is 133 Å². The van der Waals surface area contributed by atoms with Gasteiger partial charge in [-0.15, -0.1) is 0 Å². The molecule has 0 saturated carbocycles. The van der Waals surface area contributed by atoms with Crippen LogP contribution in [-0.2, 0) is 13.1 Å². The van der Waals surface area contributed by atoms with Crippen molar-refractivity contribution in [2.75, 3.05) is 0 Å². The molecule has 21 heavy (non-hydrogen) atoms. The molecule has 0 atom stereocenters. The van der Waals surface area contributed by atoms with Crippen molar-refractivity contribution >= 4 is 34.1 Å². The van der Waals surface area contributed by atoms with Crippen molar-refractivity contribution in [2.24, 2.45) is 5.73 Å². The fraction of sp³-hybridized carbons (Fsp3) is 0.188. The monoisotopic (exact) mass is 319 g/mol. The molecule has 0 saturated heterocycles. The lowest BCUT2D eigenvalue weighted by atomic mass is 10.1. The van der Waals surface area contributed by atoms with Gasteiger partial charge in [-0.3, -0.25) is 4.68 Å². The van der Waals surface area contributed by atoms with E-state index in [9.17, 15) is 0 Å². The summed E-state index contributed by atoms with van der Waals surface area (Å²) in [6, 6.07) is 11.7. The zero-order chi connectivity index (χ0) is 15.0. The predicted octanol–water partition coefficient (Wildman–Crippen LogP) is 4.16. The zero-order valence-electron chi connectivity index (χ0n) is 11.6. The molecular formula is C16H15Cl2N3. The van der Waals surface area contributed by atoms with Crippen molar-refractivity contribution < 1.29 is 0 Å². The van der Waals surface area contributed by atoms with Crippen LogP contribution in [0.15, 0.2) is 36.4 Å². The van der Waals surface area contributed by atoms with Gasteiger partial charge in [0.05, 0.1) is 17.8 Å². The third-order valence-electron chi connectivity index (χ3n) is 3.61. The quantitative estimate of drug-likeness (QED) is 0.787. The number of fused-ring (bicyclic) bond motifs is 1. The van der Waals surface area contributed by atoms with Crippen molar-refractivity contribution in [1.29, 1.82) is 0 Å². The van der Waals surface area contributed by atoms with Gasteiger partial charge in [0.2, 0.25) is 0 Å². The molecule has 0 aliphatic heterocycles. The van der Waals surface area contributed by atoms with E-state index in [-0.39, 0.29) is 0 Å². The maximum Gasteiger partial charge on any atom is 0.0696 e. The van der Waals surface area contributed by atoms with Crippen LogP contribution in [0.4, 0.5) is 0 Å². The van der Waals surface area contributed by atoms with Crippen LogP contribution < -0.4 is 5.73 Å². The summed E-state index contributed by atoms with van der Waals surface area (Å²) in [5.41, 5.74) is 9.71. The minimum absolute atomic E-state index is 0.507. The van der Waals surface area contributed by atoms with Gasteiger partial charge in [0.25, 0.3) is 0 Å². The highest BCUT2D eigenvalue weighted by Gasteiger charge is 2.12. The van der Waals surface area contributed by atoms with Gasteiger partial charge in [-0.1, -0.05) is 41.4 Å². The standard InChI is InChI=1S/C16H15Cl2N3/c1-10-12-6-5-11(8-19)7-16(12)21(20-10)9-13-14(17)3-2-4-15(13)18/h2-7H,8-9,19H2,1H3. The first kappa shape index (κ1) is 14.4. The zero-order valence-corrected chi connectivity index (χ0v) is 13.1. The van der Waals surface area contributed by atoms with Crippen LogP contribution in [0.3, 0.4) is 0 Å². The summed E-state index contributed by atoms with van der Waals surface area (Å²) >= 11 is 12.5. The van der Waals surface area contributed by atoms with Crippen LogP contribution in [0.2, 0.25) is 10.0 Å². The molecule has 3 aromatic rings. The number of aromatic nitrogens is 2. The smallest absolute Gasteiger partial charge is 0.0696 e.